The lowest BCUT2D eigenvalue weighted by Gasteiger charge is -2.07. The van der Waals surface area contributed by atoms with Gasteiger partial charge in [-0.3, -0.25) is 0 Å². The van der Waals surface area contributed by atoms with E-state index < -0.39 is 6.43 Å². The fourth-order valence-electron chi connectivity index (χ4n) is 1.71. The Morgan fingerprint density at radius 3 is 2.45 bits per heavy atom. The lowest BCUT2D eigenvalue weighted by molar-refractivity contribution is 0.0688. The van der Waals surface area contributed by atoms with E-state index in [1.807, 2.05) is 0 Å². The summed E-state index contributed by atoms with van der Waals surface area (Å²) in [5.74, 6) is 0. The Labute approximate surface area is 119 Å². The molecule has 0 bridgehead atoms. The number of benzene rings is 1. The van der Waals surface area contributed by atoms with Crippen molar-refractivity contribution in [1.29, 1.82) is 0 Å². The molecule has 1 aromatic carbocycles. The first kappa shape index (κ1) is 17.0. The molecule has 0 aliphatic rings. The maximum absolute atomic E-state index is 12.4. The Morgan fingerprint density at radius 2 is 1.80 bits per heavy atom. The van der Waals surface area contributed by atoms with Gasteiger partial charge in [-0.15, -0.1) is 0 Å². The lowest BCUT2D eigenvalue weighted by Crippen LogP contribution is -2.15. The predicted molar refractivity (Wildman–Crippen MR) is 75.0 cm³/mol. The first-order valence-corrected chi connectivity index (χ1v) is 6.88. The van der Waals surface area contributed by atoms with Crippen LogP contribution in [0.5, 0.6) is 0 Å². The highest BCUT2D eigenvalue weighted by atomic mass is 19.3. The van der Waals surface area contributed by atoms with E-state index in [0.717, 1.165) is 31.6 Å². The van der Waals surface area contributed by atoms with E-state index in [1.54, 1.807) is 19.2 Å². The number of unbranched alkanes of at least 4 members (excludes halogenated alkanes) is 1. The average molecular weight is 287 g/mol. The van der Waals surface area contributed by atoms with Crippen molar-refractivity contribution in [2.75, 3.05) is 33.5 Å². The number of hydrogen-bond donors (Lipinski definition) is 1. The minimum atomic E-state index is -2.39. The van der Waals surface area contributed by atoms with Gasteiger partial charge in [0.25, 0.3) is 6.43 Å². The van der Waals surface area contributed by atoms with E-state index in [9.17, 15) is 8.78 Å². The Bertz CT molecular complexity index is 344. The molecule has 1 aromatic rings. The zero-order valence-electron chi connectivity index (χ0n) is 11.9. The molecule has 0 spiro atoms. The smallest absolute Gasteiger partial charge is 0.263 e. The monoisotopic (exact) mass is 287 g/mol. The van der Waals surface area contributed by atoms with Crippen LogP contribution < -0.4 is 5.32 Å². The molecule has 1 N–H and O–H groups in total. The zero-order chi connectivity index (χ0) is 14.6. The van der Waals surface area contributed by atoms with E-state index in [-0.39, 0.29) is 5.56 Å². The summed E-state index contributed by atoms with van der Waals surface area (Å²) in [5.41, 5.74) is 1.09. The highest BCUT2D eigenvalue weighted by molar-refractivity contribution is 5.23. The fourth-order valence-corrected chi connectivity index (χ4v) is 1.71. The van der Waals surface area contributed by atoms with Crippen LogP contribution in [0.25, 0.3) is 0 Å². The van der Waals surface area contributed by atoms with E-state index in [4.69, 9.17) is 9.47 Å². The first-order chi connectivity index (χ1) is 9.74. The van der Waals surface area contributed by atoms with E-state index in [1.165, 1.54) is 12.1 Å². The van der Waals surface area contributed by atoms with Crippen molar-refractivity contribution in [3.8, 4) is 0 Å². The maximum atomic E-state index is 12.4. The number of methoxy groups -OCH3 is 1. The zero-order valence-corrected chi connectivity index (χ0v) is 11.9. The first-order valence-electron chi connectivity index (χ1n) is 6.88. The number of alkyl halides is 2. The summed E-state index contributed by atoms with van der Waals surface area (Å²) in [6.45, 7) is 3.61. The second-order valence-corrected chi connectivity index (χ2v) is 4.53. The van der Waals surface area contributed by atoms with Gasteiger partial charge in [-0.2, -0.15) is 0 Å². The van der Waals surface area contributed by atoms with Gasteiger partial charge >= 0.3 is 0 Å². The molecule has 5 heteroatoms. The number of halogens is 2. The normalized spacial score (nSPS) is 11.2. The van der Waals surface area contributed by atoms with Crippen LogP contribution in [0.4, 0.5) is 8.78 Å². The number of ether oxygens (including phenoxy) is 2. The Hall–Kier alpha value is -1.04. The molecule has 3 nitrogen and oxygen atoms in total. The Kier molecular flexibility index (Phi) is 9.11. The molecule has 1 rings (SSSR count). The predicted octanol–water partition coefficient (Wildman–Crippen LogP) is 3.16. The molecule has 0 unspecified atom stereocenters. The van der Waals surface area contributed by atoms with Crippen molar-refractivity contribution in [2.24, 2.45) is 0 Å². The molecule has 0 atom stereocenters. The molecule has 114 valence electrons. The third kappa shape index (κ3) is 7.53. The SMILES string of the molecule is COCCOCCCCNCc1ccc(C(F)F)cc1. The molecule has 0 amide bonds. The van der Waals surface area contributed by atoms with Crippen molar-refractivity contribution in [3.63, 3.8) is 0 Å². The largest absolute Gasteiger partial charge is 0.382 e. The van der Waals surface area contributed by atoms with Crippen LogP contribution in [0.3, 0.4) is 0 Å². The Morgan fingerprint density at radius 1 is 1.05 bits per heavy atom. The highest BCUT2D eigenvalue weighted by Crippen LogP contribution is 2.18. The molecular weight excluding hydrogens is 264 g/mol. The summed E-state index contributed by atoms with van der Waals surface area (Å²) < 4.78 is 35.0. The summed E-state index contributed by atoms with van der Waals surface area (Å²) in [7, 11) is 1.65. The molecular formula is C15H23F2NO2. The van der Waals surface area contributed by atoms with Crippen LogP contribution in [0, 0.1) is 0 Å². The van der Waals surface area contributed by atoms with Crippen LogP contribution in [-0.4, -0.2) is 33.5 Å². The topological polar surface area (TPSA) is 30.5 Å². The molecule has 0 saturated carbocycles. The van der Waals surface area contributed by atoms with Crippen LogP contribution >= 0.6 is 0 Å². The second kappa shape index (κ2) is 10.7. The lowest BCUT2D eigenvalue weighted by atomic mass is 10.1. The summed E-state index contributed by atoms with van der Waals surface area (Å²) in [4.78, 5) is 0. The van der Waals surface area contributed by atoms with Crippen LogP contribution in [0.1, 0.15) is 30.4 Å². The quantitative estimate of drug-likeness (QED) is 0.634. The average Bonchev–Trinajstić information content (AvgIpc) is 2.46. The van der Waals surface area contributed by atoms with Crippen molar-refractivity contribution in [2.45, 2.75) is 25.8 Å². The molecule has 0 aliphatic carbocycles. The second-order valence-electron chi connectivity index (χ2n) is 4.53. The molecule has 0 heterocycles. The van der Waals surface area contributed by atoms with Crippen molar-refractivity contribution in [1.82, 2.24) is 5.32 Å². The third-order valence-electron chi connectivity index (χ3n) is 2.88. The van der Waals surface area contributed by atoms with Gasteiger partial charge in [-0.05, 0) is 24.9 Å². The van der Waals surface area contributed by atoms with Crippen LogP contribution in [0.2, 0.25) is 0 Å². The number of rotatable bonds is 11. The number of nitrogens with one attached hydrogen (secondary N) is 1. The highest BCUT2D eigenvalue weighted by Gasteiger charge is 2.05. The molecule has 20 heavy (non-hydrogen) atoms. The summed E-state index contributed by atoms with van der Waals surface area (Å²) in [5, 5.41) is 3.28. The third-order valence-corrected chi connectivity index (χ3v) is 2.88. The summed E-state index contributed by atoms with van der Waals surface area (Å²) in [6.07, 6.45) is -0.363. The maximum Gasteiger partial charge on any atom is 0.263 e. The summed E-state index contributed by atoms with van der Waals surface area (Å²) >= 11 is 0. The molecule has 0 radical (unpaired) electrons. The van der Waals surface area contributed by atoms with Crippen LogP contribution in [0.15, 0.2) is 24.3 Å². The van der Waals surface area contributed by atoms with E-state index in [2.05, 4.69) is 5.32 Å². The van der Waals surface area contributed by atoms with Gasteiger partial charge < -0.3 is 14.8 Å². The van der Waals surface area contributed by atoms with Gasteiger partial charge in [0.05, 0.1) is 13.2 Å². The summed E-state index contributed by atoms with van der Waals surface area (Å²) in [6, 6.07) is 6.43. The van der Waals surface area contributed by atoms with Gasteiger partial charge in [0.1, 0.15) is 0 Å². The minimum absolute atomic E-state index is 0.0713. The van der Waals surface area contributed by atoms with Gasteiger partial charge in [-0.25, -0.2) is 8.78 Å². The molecule has 0 aromatic heterocycles. The van der Waals surface area contributed by atoms with Crippen molar-refractivity contribution < 1.29 is 18.3 Å². The van der Waals surface area contributed by atoms with Gasteiger partial charge in [0.15, 0.2) is 0 Å². The fraction of sp³-hybridized carbons (Fsp3) is 0.600. The van der Waals surface area contributed by atoms with Gasteiger partial charge in [0.2, 0.25) is 0 Å². The van der Waals surface area contributed by atoms with Crippen molar-refractivity contribution >= 4 is 0 Å². The van der Waals surface area contributed by atoms with E-state index in [0.29, 0.717) is 19.8 Å². The Balaban J connectivity index is 2.01. The molecule has 0 fully saturated rings. The standard InChI is InChI=1S/C15H23F2NO2/c1-19-10-11-20-9-3-2-8-18-12-13-4-6-14(7-5-13)15(16)17/h4-7,15,18H,2-3,8-12H2,1H3. The van der Waals surface area contributed by atoms with Gasteiger partial charge in [-0.1, -0.05) is 24.3 Å². The molecule has 0 aliphatic heterocycles. The van der Waals surface area contributed by atoms with Crippen LogP contribution in [-0.2, 0) is 16.0 Å². The number of hydrogen-bond acceptors (Lipinski definition) is 3. The van der Waals surface area contributed by atoms with Crippen molar-refractivity contribution in [3.05, 3.63) is 35.4 Å². The minimum Gasteiger partial charge on any atom is -0.382 e. The van der Waals surface area contributed by atoms with Gasteiger partial charge in [0, 0.05) is 25.8 Å². The molecule has 0 saturated heterocycles. The van der Waals surface area contributed by atoms with E-state index >= 15 is 0 Å².